The molecule has 1 aliphatic heterocycles. The monoisotopic (exact) mass is 645 g/mol. The molecule has 3 aromatic carbocycles. The van der Waals surface area contributed by atoms with E-state index in [0.717, 1.165) is 38.5 Å². The number of aromatic nitrogens is 3. The van der Waals surface area contributed by atoms with Crippen LogP contribution in [0.1, 0.15) is 66.8 Å². The SMILES string of the molecule is Cn1cnnc1SCC1CC(c2ccc(CO)cc2)OC(c2ccc(-c3ccccc3CNC(=O)CCCCC(=O)NO)cc2)O1. The number of nitrogens with zero attached hydrogens (tertiary/aromatic N) is 3. The number of ether oxygens (including phenoxy) is 2. The van der Waals surface area contributed by atoms with Gasteiger partial charge in [-0.25, -0.2) is 5.48 Å². The molecule has 1 fully saturated rings. The topological polar surface area (TPSA) is 148 Å². The minimum Gasteiger partial charge on any atom is -0.392 e. The second kappa shape index (κ2) is 16.5. The Morgan fingerprint density at radius 2 is 1.67 bits per heavy atom. The third-order valence-electron chi connectivity index (χ3n) is 7.85. The summed E-state index contributed by atoms with van der Waals surface area (Å²) >= 11 is 1.60. The molecule has 0 saturated carbocycles. The Kier molecular flexibility index (Phi) is 11.9. The molecule has 1 saturated heterocycles. The van der Waals surface area contributed by atoms with E-state index in [1.165, 1.54) is 0 Å². The predicted octanol–water partition coefficient (Wildman–Crippen LogP) is 4.99. The summed E-state index contributed by atoms with van der Waals surface area (Å²) in [5.41, 5.74) is 7.38. The second-order valence-corrected chi connectivity index (χ2v) is 12.2. The highest BCUT2D eigenvalue weighted by Crippen LogP contribution is 2.40. The smallest absolute Gasteiger partial charge is 0.243 e. The molecule has 2 heterocycles. The van der Waals surface area contributed by atoms with Gasteiger partial charge in [0.25, 0.3) is 0 Å². The van der Waals surface area contributed by atoms with Crippen molar-refractivity contribution in [2.24, 2.45) is 7.05 Å². The van der Waals surface area contributed by atoms with Crippen molar-refractivity contribution in [2.45, 2.75) is 68.9 Å². The van der Waals surface area contributed by atoms with Crippen molar-refractivity contribution in [1.29, 1.82) is 0 Å². The minimum atomic E-state index is -0.576. The molecule has 3 unspecified atom stereocenters. The lowest BCUT2D eigenvalue weighted by atomic mass is 9.97. The molecule has 12 heteroatoms. The number of unbranched alkanes of at least 4 members (excludes halogenated alkanes) is 1. The molecule has 1 aliphatic rings. The van der Waals surface area contributed by atoms with Crippen LogP contribution in [-0.2, 0) is 39.3 Å². The Labute approximate surface area is 272 Å². The van der Waals surface area contributed by atoms with E-state index < -0.39 is 12.2 Å². The van der Waals surface area contributed by atoms with Gasteiger partial charge in [-0.05, 0) is 40.7 Å². The van der Waals surface area contributed by atoms with Crippen molar-refractivity contribution in [1.82, 2.24) is 25.6 Å². The number of benzene rings is 3. The zero-order valence-corrected chi connectivity index (χ0v) is 26.5. The van der Waals surface area contributed by atoms with Gasteiger partial charge >= 0.3 is 0 Å². The quantitative estimate of drug-likeness (QED) is 0.0644. The Morgan fingerprint density at radius 3 is 2.37 bits per heavy atom. The number of rotatable bonds is 14. The molecule has 0 spiro atoms. The Balaban J connectivity index is 1.26. The van der Waals surface area contributed by atoms with Gasteiger partial charge in [0.05, 0.1) is 18.8 Å². The van der Waals surface area contributed by atoms with Crippen LogP contribution in [-0.4, -0.2) is 48.7 Å². The molecule has 242 valence electrons. The molecular formula is C34H39N5O6S. The molecule has 0 aliphatic carbocycles. The first kappa shape index (κ1) is 33.3. The highest BCUT2D eigenvalue weighted by atomic mass is 32.2. The number of hydrogen-bond donors (Lipinski definition) is 4. The maximum Gasteiger partial charge on any atom is 0.243 e. The molecule has 5 rings (SSSR count). The number of amides is 2. The average molecular weight is 646 g/mol. The lowest BCUT2D eigenvalue weighted by Crippen LogP contribution is -2.31. The maximum atomic E-state index is 12.4. The Hall–Kier alpha value is -4.07. The molecule has 4 N–H and O–H groups in total. The number of aliphatic hydroxyl groups excluding tert-OH is 1. The maximum absolute atomic E-state index is 12.4. The van der Waals surface area contributed by atoms with Crippen molar-refractivity contribution in [3.8, 4) is 11.1 Å². The first-order valence-corrected chi connectivity index (χ1v) is 16.3. The van der Waals surface area contributed by atoms with Crippen LogP contribution in [0, 0.1) is 0 Å². The predicted molar refractivity (Wildman–Crippen MR) is 172 cm³/mol. The molecular weight excluding hydrogens is 606 g/mol. The van der Waals surface area contributed by atoms with Gasteiger partial charge in [-0.3, -0.25) is 14.8 Å². The molecule has 3 atom stereocenters. The first-order chi connectivity index (χ1) is 22.4. The summed E-state index contributed by atoms with van der Waals surface area (Å²) in [6, 6.07) is 23.9. The molecule has 0 bridgehead atoms. The fourth-order valence-corrected chi connectivity index (χ4v) is 6.18. The van der Waals surface area contributed by atoms with E-state index >= 15 is 0 Å². The summed E-state index contributed by atoms with van der Waals surface area (Å²) in [5, 5.41) is 30.0. The molecule has 0 radical (unpaired) electrons. The van der Waals surface area contributed by atoms with Crippen LogP contribution in [0.4, 0.5) is 0 Å². The molecule has 11 nitrogen and oxygen atoms in total. The summed E-state index contributed by atoms with van der Waals surface area (Å²) in [7, 11) is 1.92. The van der Waals surface area contributed by atoms with Crippen LogP contribution in [0.15, 0.2) is 84.3 Å². The van der Waals surface area contributed by atoms with Crippen LogP contribution in [0.2, 0.25) is 0 Å². The third-order valence-corrected chi connectivity index (χ3v) is 9.02. The summed E-state index contributed by atoms with van der Waals surface area (Å²) < 4.78 is 14.9. The zero-order chi connectivity index (χ0) is 32.3. The standard InChI is InChI=1S/C34H39N5O6S/c1-39-22-36-37-34(39)46-21-28-18-30(25-12-10-23(20-40)11-13-25)45-33(44-28)26-16-14-24(15-17-26)29-7-3-2-6-27(29)19-35-31(41)8-4-5-9-32(42)38-43/h2-3,6-7,10-17,22,28,30,33,40,43H,4-5,8-9,18-21H2,1H3,(H,35,41)(H,38,42). The highest BCUT2D eigenvalue weighted by Gasteiger charge is 2.32. The second-order valence-electron chi connectivity index (χ2n) is 11.2. The summed E-state index contributed by atoms with van der Waals surface area (Å²) in [6.07, 6.45) is 3.06. The average Bonchev–Trinajstić information content (AvgIpc) is 3.52. The van der Waals surface area contributed by atoms with Gasteiger partial charge in [0.15, 0.2) is 11.4 Å². The van der Waals surface area contributed by atoms with Gasteiger partial charge in [-0.15, -0.1) is 10.2 Å². The van der Waals surface area contributed by atoms with Crippen LogP contribution < -0.4 is 10.8 Å². The largest absolute Gasteiger partial charge is 0.392 e. The lowest BCUT2D eigenvalue weighted by Gasteiger charge is -2.36. The number of carbonyl (C=O) groups is 2. The molecule has 1 aromatic heterocycles. The number of nitrogens with one attached hydrogen (secondary N) is 2. The lowest BCUT2D eigenvalue weighted by molar-refractivity contribution is -0.245. The zero-order valence-electron chi connectivity index (χ0n) is 25.7. The first-order valence-electron chi connectivity index (χ1n) is 15.3. The number of hydrogen-bond acceptors (Lipinski definition) is 9. The van der Waals surface area contributed by atoms with Gasteiger partial charge in [0, 0.05) is 44.2 Å². The van der Waals surface area contributed by atoms with E-state index in [2.05, 4.69) is 15.5 Å². The van der Waals surface area contributed by atoms with Gasteiger partial charge < -0.3 is 24.5 Å². The van der Waals surface area contributed by atoms with Crippen molar-refractivity contribution in [2.75, 3.05) is 5.75 Å². The molecule has 46 heavy (non-hydrogen) atoms. The normalized spacial score (nSPS) is 17.8. The van der Waals surface area contributed by atoms with Gasteiger partial charge in [-0.2, -0.15) is 0 Å². The fraction of sp³-hybridized carbons (Fsp3) is 0.353. The van der Waals surface area contributed by atoms with Gasteiger partial charge in [0.1, 0.15) is 6.33 Å². The Bertz CT molecular complexity index is 1580. The van der Waals surface area contributed by atoms with Gasteiger partial charge in [-0.1, -0.05) is 84.6 Å². The van der Waals surface area contributed by atoms with E-state index in [4.69, 9.17) is 14.7 Å². The van der Waals surface area contributed by atoms with E-state index in [0.29, 0.717) is 38.0 Å². The van der Waals surface area contributed by atoms with E-state index in [9.17, 15) is 14.7 Å². The van der Waals surface area contributed by atoms with E-state index in [1.54, 1.807) is 23.6 Å². The number of carbonyl (C=O) groups excluding carboxylic acids is 2. The van der Waals surface area contributed by atoms with E-state index in [-0.39, 0.29) is 31.1 Å². The fourth-order valence-electron chi connectivity index (χ4n) is 5.28. The molecule has 2 amide bonds. The van der Waals surface area contributed by atoms with Crippen LogP contribution >= 0.6 is 11.8 Å². The number of aliphatic hydroxyl groups is 1. The van der Waals surface area contributed by atoms with Crippen LogP contribution in [0.25, 0.3) is 11.1 Å². The van der Waals surface area contributed by atoms with Crippen molar-refractivity contribution >= 4 is 23.6 Å². The third kappa shape index (κ3) is 9.02. The number of thioether (sulfide) groups is 1. The Morgan fingerprint density at radius 1 is 0.957 bits per heavy atom. The number of hydroxylamine groups is 1. The summed E-state index contributed by atoms with van der Waals surface area (Å²) in [4.78, 5) is 23.6. The van der Waals surface area contributed by atoms with Crippen molar-refractivity contribution in [3.63, 3.8) is 0 Å². The highest BCUT2D eigenvalue weighted by molar-refractivity contribution is 7.99. The van der Waals surface area contributed by atoms with Crippen LogP contribution in [0.5, 0.6) is 0 Å². The van der Waals surface area contributed by atoms with Crippen molar-refractivity contribution in [3.05, 3.63) is 101 Å². The summed E-state index contributed by atoms with van der Waals surface area (Å²) in [5.74, 6) is 0.147. The van der Waals surface area contributed by atoms with E-state index in [1.807, 2.05) is 84.4 Å². The summed E-state index contributed by atoms with van der Waals surface area (Å²) in [6.45, 7) is 0.369. The number of aryl methyl sites for hydroxylation is 1. The van der Waals surface area contributed by atoms with Gasteiger partial charge in [0.2, 0.25) is 11.8 Å². The van der Waals surface area contributed by atoms with Crippen LogP contribution in [0.3, 0.4) is 0 Å². The molecule has 4 aromatic rings. The minimum absolute atomic E-state index is 0.0102. The van der Waals surface area contributed by atoms with Crippen molar-refractivity contribution < 1.29 is 29.4 Å².